The number of aliphatic hydroxyl groups is 3. The van der Waals surface area contributed by atoms with E-state index in [0.717, 1.165) is 12.8 Å². The summed E-state index contributed by atoms with van der Waals surface area (Å²) in [7, 11) is 0. The van der Waals surface area contributed by atoms with Gasteiger partial charge in [-0.2, -0.15) is 0 Å². The van der Waals surface area contributed by atoms with Crippen LogP contribution in [0.3, 0.4) is 0 Å². The highest BCUT2D eigenvalue weighted by Gasteiger charge is 2.31. The van der Waals surface area contributed by atoms with Crippen LogP contribution in [0.15, 0.2) is 23.8 Å². The first-order valence-corrected chi connectivity index (χ1v) is 6.13. The highest BCUT2D eigenvalue weighted by Crippen LogP contribution is 2.24. The zero-order valence-electron chi connectivity index (χ0n) is 10.2. The minimum absolute atomic E-state index is 0.0167. The molecule has 0 saturated carbocycles. The molecule has 1 saturated heterocycles. The molecule has 0 aromatic rings. The van der Waals surface area contributed by atoms with Gasteiger partial charge in [0, 0.05) is 0 Å². The molecule has 1 rings (SSSR count). The van der Waals surface area contributed by atoms with E-state index in [0.29, 0.717) is 12.0 Å². The molecule has 98 valence electrons. The summed E-state index contributed by atoms with van der Waals surface area (Å²) in [6.45, 7) is 1.82. The minimum atomic E-state index is -0.793. The summed E-state index contributed by atoms with van der Waals surface area (Å²) in [5.74, 6) is 0. The molecule has 3 unspecified atom stereocenters. The molecule has 0 aromatic heterocycles. The van der Waals surface area contributed by atoms with Crippen LogP contribution >= 0.6 is 0 Å². The van der Waals surface area contributed by atoms with Crippen molar-refractivity contribution in [2.45, 2.75) is 44.5 Å². The Kier molecular flexibility index (Phi) is 6.44. The third-order valence-corrected chi connectivity index (χ3v) is 2.94. The fourth-order valence-electron chi connectivity index (χ4n) is 1.91. The molecule has 4 heteroatoms. The second-order valence-electron chi connectivity index (χ2n) is 4.24. The molecule has 1 heterocycles. The Balaban J connectivity index is 2.57. The van der Waals surface area contributed by atoms with E-state index in [1.54, 1.807) is 6.08 Å². The van der Waals surface area contributed by atoms with Gasteiger partial charge in [0.15, 0.2) is 0 Å². The number of allylic oxidation sites excluding steroid dienone is 3. The first kappa shape index (κ1) is 14.4. The van der Waals surface area contributed by atoms with E-state index in [1.165, 1.54) is 0 Å². The zero-order valence-corrected chi connectivity index (χ0v) is 10.2. The van der Waals surface area contributed by atoms with Crippen LogP contribution in [-0.2, 0) is 4.74 Å². The summed E-state index contributed by atoms with van der Waals surface area (Å²) in [4.78, 5) is 0. The monoisotopic (exact) mass is 242 g/mol. The third-order valence-electron chi connectivity index (χ3n) is 2.94. The number of hydrogen-bond donors (Lipinski definition) is 3. The van der Waals surface area contributed by atoms with Gasteiger partial charge < -0.3 is 20.1 Å². The topological polar surface area (TPSA) is 69.9 Å². The van der Waals surface area contributed by atoms with Crippen molar-refractivity contribution in [2.24, 2.45) is 0 Å². The predicted octanol–water partition coefficient (Wildman–Crippen LogP) is 0.772. The lowest BCUT2D eigenvalue weighted by Crippen LogP contribution is -2.30. The largest absolute Gasteiger partial charge is 0.394 e. The van der Waals surface area contributed by atoms with Crippen LogP contribution < -0.4 is 0 Å². The SMILES string of the molecule is CCC=CC=C(CO)C(O)C1CCC(CO)O1. The van der Waals surface area contributed by atoms with Gasteiger partial charge in [0.05, 0.1) is 25.4 Å². The smallest absolute Gasteiger partial charge is 0.104 e. The van der Waals surface area contributed by atoms with Crippen LogP contribution in [0.4, 0.5) is 0 Å². The highest BCUT2D eigenvalue weighted by molar-refractivity contribution is 5.18. The second kappa shape index (κ2) is 7.61. The lowest BCUT2D eigenvalue weighted by Gasteiger charge is -2.20. The zero-order chi connectivity index (χ0) is 12.7. The molecule has 17 heavy (non-hydrogen) atoms. The lowest BCUT2D eigenvalue weighted by atomic mass is 10.0. The molecule has 1 fully saturated rings. The Labute approximate surface area is 102 Å². The standard InChI is InChI=1S/C13H22O4/c1-2-3-4-5-10(8-14)13(16)12-7-6-11(9-15)17-12/h3-5,11-16H,2,6-9H2,1H3. The van der Waals surface area contributed by atoms with Gasteiger partial charge in [-0.1, -0.05) is 25.2 Å². The van der Waals surface area contributed by atoms with Crippen LogP contribution in [-0.4, -0.2) is 46.8 Å². The quantitative estimate of drug-likeness (QED) is 0.602. The van der Waals surface area contributed by atoms with Gasteiger partial charge in [-0.15, -0.1) is 0 Å². The second-order valence-corrected chi connectivity index (χ2v) is 4.24. The molecule has 4 nitrogen and oxygen atoms in total. The molecule has 1 aliphatic rings. The Morgan fingerprint density at radius 2 is 2.18 bits per heavy atom. The van der Waals surface area contributed by atoms with Crippen LogP contribution in [0.5, 0.6) is 0 Å². The van der Waals surface area contributed by atoms with Crippen LogP contribution in [0.25, 0.3) is 0 Å². The highest BCUT2D eigenvalue weighted by atomic mass is 16.5. The average Bonchev–Trinajstić information content (AvgIpc) is 2.82. The van der Waals surface area contributed by atoms with E-state index in [1.807, 2.05) is 19.1 Å². The van der Waals surface area contributed by atoms with Gasteiger partial charge >= 0.3 is 0 Å². The maximum absolute atomic E-state index is 10.1. The van der Waals surface area contributed by atoms with Crippen molar-refractivity contribution in [3.63, 3.8) is 0 Å². The minimum Gasteiger partial charge on any atom is -0.394 e. The molecule has 0 amide bonds. The van der Waals surface area contributed by atoms with Crippen LogP contribution in [0, 0.1) is 0 Å². The van der Waals surface area contributed by atoms with Gasteiger partial charge in [-0.3, -0.25) is 0 Å². The first-order valence-electron chi connectivity index (χ1n) is 6.13. The summed E-state index contributed by atoms with van der Waals surface area (Å²) < 4.78 is 5.49. The van der Waals surface area contributed by atoms with E-state index in [9.17, 15) is 10.2 Å². The summed E-state index contributed by atoms with van der Waals surface area (Å²) >= 11 is 0. The van der Waals surface area contributed by atoms with Gasteiger partial charge in [0.1, 0.15) is 6.10 Å². The summed E-state index contributed by atoms with van der Waals surface area (Å²) in [5, 5.41) is 28.2. The van der Waals surface area contributed by atoms with E-state index in [2.05, 4.69) is 0 Å². The molecular weight excluding hydrogens is 220 g/mol. The fraction of sp³-hybridized carbons (Fsp3) is 0.692. The molecule has 3 N–H and O–H groups in total. The summed E-state index contributed by atoms with van der Waals surface area (Å²) in [6, 6.07) is 0. The Morgan fingerprint density at radius 1 is 1.41 bits per heavy atom. The maximum Gasteiger partial charge on any atom is 0.104 e. The molecule has 0 aromatic carbocycles. The van der Waals surface area contributed by atoms with Crippen LogP contribution in [0.2, 0.25) is 0 Å². The molecule has 0 bridgehead atoms. The molecule has 1 aliphatic heterocycles. The lowest BCUT2D eigenvalue weighted by molar-refractivity contribution is -0.0391. The van der Waals surface area contributed by atoms with Crippen molar-refractivity contribution in [1.29, 1.82) is 0 Å². The molecule has 0 spiro atoms. The Bertz CT molecular complexity index is 273. The third kappa shape index (κ3) is 4.24. The van der Waals surface area contributed by atoms with E-state index < -0.39 is 6.10 Å². The maximum atomic E-state index is 10.1. The van der Waals surface area contributed by atoms with Gasteiger partial charge in [-0.05, 0) is 24.8 Å². The van der Waals surface area contributed by atoms with Crippen molar-refractivity contribution in [3.8, 4) is 0 Å². The van der Waals surface area contributed by atoms with Gasteiger partial charge in [-0.25, -0.2) is 0 Å². The number of ether oxygens (including phenoxy) is 1. The fourth-order valence-corrected chi connectivity index (χ4v) is 1.91. The molecule has 0 aliphatic carbocycles. The Hall–Kier alpha value is -0.680. The van der Waals surface area contributed by atoms with Crippen LogP contribution in [0.1, 0.15) is 26.2 Å². The van der Waals surface area contributed by atoms with Crippen molar-refractivity contribution in [2.75, 3.05) is 13.2 Å². The van der Waals surface area contributed by atoms with Crippen molar-refractivity contribution < 1.29 is 20.1 Å². The average molecular weight is 242 g/mol. The Morgan fingerprint density at radius 3 is 2.71 bits per heavy atom. The van der Waals surface area contributed by atoms with Gasteiger partial charge in [0.25, 0.3) is 0 Å². The van der Waals surface area contributed by atoms with E-state index in [4.69, 9.17) is 9.84 Å². The van der Waals surface area contributed by atoms with Crippen molar-refractivity contribution >= 4 is 0 Å². The normalized spacial score (nSPS) is 27.9. The predicted molar refractivity (Wildman–Crippen MR) is 65.6 cm³/mol. The molecule has 3 atom stereocenters. The molecule has 0 radical (unpaired) electrons. The van der Waals surface area contributed by atoms with E-state index in [-0.39, 0.29) is 25.4 Å². The summed E-state index contributed by atoms with van der Waals surface area (Å²) in [6.07, 6.45) is 6.59. The van der Waals surface area contributed by atoms with Crippen molar-refractivity contribution in [1.82, 2.24) is 0 Å². The first-order chi connectivity index (χ1) is 8.22. The van der Waals surface area contributed by atoms with E-state index >= 15 is 0 Å². The summed E-state index contributed by atoms with van der Waals surface area (Å²) in [5.41, 5.74) is 0.554. The van der Waals surface area contributed by atoms with Crippen molar-refractivity contribution in [3.05, 3.63) is 23.8 Å². The number of rotatable bonds is 6. The van der Waals surface area contributed by atoms with Gasteiger partial charge in [0.2, 0.25) is 0 Å². The molecular formula is C13H22O4. The number of aliphatic hydroxyl groups excluding tert-OH is 3. The number of hydrogen-bond acceptors (Lipinski definition) is 4.